The van der Waals surface area contributed by atoms with Crippen molar-refractivity contribution >= 4 is 17.9 Å². The normalized spacial score (nSPS) is 16.6. The van der Waals surface area contributed by atoms with Crippen molar-refractivity contribution in [2.24, 2.45) is 0 Å². The molecule has 0 N–H and O–H groups in total. The van der Waals surface area contributed by atoms with E-state index in [2.05, 4.69) is 0 Å². The minimum atomic E-state index is -0.500. The highest BCUT2D eigenvalue weighted by atomic mass is 16.5. The topological polar surface area (TPSA) is 70.4 Å². The zero-order chi connectivity index (χ0) is 17.7. The van der Waals surface area contributed by atoms with E-state index in [0.29, 0.717) is 24.1 Å². The third-order valence-corrected chi connectivity index (χ3v) is 3.99. The van der Waals surface area contributed by atoms with Crippen LogP contribution in [-0.2, 0) is 9.59 Å². The molecule has 1 aromatic rings. The number of nitriles is 1. The molecule has 0 unspecified atom stereocenters. The number of hydrogen-bond donors (Lipinski definition) is 0. The molecule has 0 atom stereocenters. The first-order chi connectivity index (χ1) is 11.5. The first-order valence-electron chi connectivity index (χ1n) is 7.86. The summed E-state index contributed by atoms with van der Waals surface area (Å²) in [5.41, 5.74) is 1.65. The maximum absolute atomic E-state index is 12.7. The van der Waals surface area contributed by atoms with Crippen molar-refractivity contribution in [2.45, 2.75) is 26.7 Å². The molecule has 2 amide bonds. The number of nitrogens with zero attached hydrogens (tertiary/aromatic N) is 2. The smallest absolute Gasteiger partial charge is 0.271 e. The van der Waals surface area contributed by atoms with E-state index in [1.807, 2.05) is 25.1 Å². The van der Waals surface area contributed by atoms with E-state index < -0.39 is 5.91 Å². The van der Waals surface area contributed by atoms with Crippen molar-refractivity contribution < 1.29 is 14.3 Å². The van der Waals surface area contributed by atoms with Crippen molar-refractivity contribution in [2.75, 3.05) is 13.7 Å². The molecule has 24 heavy (non-hydrogen) atoms. The molecule has 0 spiro atoms. The van der Waals surface area contributed by atoms with E-state index >= 15 is 0 Å². The van der Waals surface area contributed by atoms with Crippen LogP contribution in [0.25, 0.3) is 6.08 Å². The van der Waals surface area contributed by atoms with E-state index in [1.54, 1.807) is 32.2 Å². The maximum atomic E-state index is 12.7. The Balaban J connectivity index is 2.47. The van der Waals surface area contributed by atoms with Gasteiger partial charge in [0.05, 0.1) is 7.11 Å². The number of methoxy groups -OCH3 is 1. The highest BCUT2D eigenvalue weighted by molar-refractivity contribution is 6.19. The van der Waals surface area contributed by atoms with Crippen LogP contribution >= 0.6 is 0 Å². The fourth-order valence-electron chi connectivity index (χ4n) is 2.52. The Morgan fingerprint density at radius 1 is 1.21 bits per heavy atom. The van der Waals surface area contributed by atoms with Crippen LogP contribution in [0.3, 0.4) is 0 Å². The molecule has 1 aliphatic heterocycles. The van der Waals surface area contributed by atoms with Gasteiger partial charge in [-0.05, 0) is 42.7 Å². The van der Waals surface area contributed by atoms with E-state index in [-0.39, 0.29) is 11.5 Å². The quantitative estimate of drug-likeness (QED) is 0.616. The number of imide groups is 1. The summed E-state index contributed by atoms with van der Waals surface area (Å²) in [5.74, 6) is -0.127. The van der Waals surface area contributed by atoms with Crippen molar-refractivity contribution in [3.63, 3.8) is 0 Å². The number of carbonyl (C=O) groups is 2. The number of unbranched alkanes of at least 4 members (excludes halogenated alkanes) is 1. The lowest BCUT2D eigenvalue weighted by Crippen LogP contribution is -2.43. The molecule has 0 bridgehead atoms. The van der Waals surface area contributed by atoms with Gasteiger partial charge in [-0.1, -0.05) is 25.5 Å². The lowest BCUT2D eigenvalue weighted by atomic mass is 9.93. The standard InChI is InChI=1S/C19H20N2O3/c1-4-5-10-21-18(22)16(13(2)17(12-20)19(21)23)11-14-6-8-15(24-3)9-7-14/h6-9,11H,4-5,10H2,1-3H3/b16-11+. The Kier molecular flexibility index (Phi) is 5.54. The fraction of sp³-hybridized carbons (Fsp3) is 0.316. The van der Waals surface area contributed by atoms with Gasteiger partial charge in [-0.15, -0.1) is 0 Å². The zero-order valence-electron chi connectivity index (χ0n) is 14.1. The summed E-state index contributed by atoms with van der Waals surface area (Å²) in [7, 11) is 1.58. The minimum absolute atomic E-state index is 0.0328. The molecular weight excluding hydrogens is 304 g/mol. The molecular formula is C19H20N2O3. The van der Waals surface area contributed by atoms with E-state index in [0.717, 1.165) is 17.7 Å². The molecule has 1 aliphatic rings. The van der Waals surface area contributed by atoms with Crippen molar-refractivity contribution in [3.05, 3.63) is 46.5 Å². The first-order valence-corrected chi connectivity index (χ1v) is 7.86. The summed E-state index contributed by atoms with van der Waals surface area (Å²) in [4.78, 5) is 26.2. The predicted octanol–water partition coefficient (Wildman–Crippen LogP) is 3.09. The molecule has 0 aliphatic carbocycles. The molecule has 5 heteroatoms. The number of carbonyl (C=O) groups excluding carboxylic acids is 2. The summed E-state index contributed by atoms with van der Waals surface area (Å²) < 4.78 is 5.12. The van der Waals surface area contributed by atoms with Gasteiger partial charge in [0.15, 0.2) is 0 Å². The molecule has 0 aromatic heterocycles. The van der Waals surface area contributed by atoms with Crippen LogP contribution in [0.5, 0.6) is 5.75 Å². The van der Waals surface area contributed by atoms with Crippen LogP contribution in [0.15, 0.2) is 41.0 Å². The number of benzene rings is 1. The third kappa shape index (κ3) is 3.38. The molecule has 0 saturated heterocycles. The number of ether oxygens (including phenoxy) is 1. The molecule has 5 nitrogen and oxygen atoms in total. The SMILES string of the molecule is CCCCN1C(=O)C(C#N)=C(C)/C(=C\c2ccc(OC)cc2)C1=O. The monoisotopic (exact) mass is 324 g/mol. The summed E-state index contributed by atoms with van der Waals surface area (Å²) in [6, 6.07) is 9.18. The average molecular weight is 324 g/mol. The van der Waals surface area contributed by atoms with Crippen molar-refractivity contribution in [1.82, 2.24) is 4.90 Å². The second kappa shape index (κ2) is 7.60. The summed E-state index contributed by atoms with van der Waals surface area (Å²) >= 11 is 0. The lowest BCUT2D eigenvalue weighted by molar-refractivity contribution is -0.140. The van der Waals surface area contributed by atoms with Gasteiger partial charge in [0.2, 0.25) is 0 Å². The summed E-state index contributed by atoms with van der Waals surface area (Å²) in [6.07, 6.45) is 3.28. The minimum Gasteiger partial charge on any atom is -0.497 e. The van der Waals surface area contributed by atoms with Crippen LogP contribution in [0.4, 0.5) is 0 Å². The van der Waals surface area contributed by atoms with Gasteiger partial charge < -0.3 is 4.74 Å². The first kappa shape index (κ1) is 17.5. The molecule has 0 fully saturated rings. The Bertz CT molecular complexity index is 752. The van der Waals surface area contributed by atoms with E-state index in [1.165, 1.54) is 4.90 Å². The molecule has 124 valence electrons. The summed E-state index contributed by atoms with van der Waals surface area (Å²) in [6.45, 7) is 3.95. The second-order valence-corrected chi connectivity index (χ2v) is 5.56. The molecule has 0 radical (unpaired) electrons. The van der Waals surface area contributed by atoms with Gasteiger partial charge in [0.25, 0.3) is 11.8 Å². The zero-order valence-corrected chi connectivity index (χ0v) is 14.1. The highest BCUT2D eigenvalue weighted by Gasteiger charge is 2.34. The van der Waals surface area contributed by atoms with Crippen LogP contribution < -0.4 is 4.74 Å². The molecule has 0 saturated carbocycles. The Morgan fingerprint density at radius 3 is 2.42 bits per heavy atom. The Hall–Kier alpha value is -2.87. The van der Waals surface area contributed by atoms with E-state index in [4.69, 9.17) is 4.74 Å². The van der Waals surface area contributed by atoms with Gasteiger partial charge in [-0.3, -0.25) is 14.5 Å². The number of amides is 2. The third-order valence-electron chi connectivity index (χ3n) is 3.99. The van der Waals surface area contributed by atoms with Crippen LogP contribution in [0.1, 0.15) is 32.3 Å². The molecule has 1 heterocycles. The van der Waals surface area contributed by atoms with Crippen LogP contribution in [0.2, 0.25) is 0 Å². The highest BCUT2D eigenvalue weighted by Crippen LogP contribution is 2.27. The van der Waals surface area contributed by atoms with Crippen LogP contribution in [-0.4, -0.2) is 30.4 Å². The van der Waals surface area contributed by atoms with Crippen molar-refractivity contribution in [1.29, 1.82) is 5.26 Å². The number of hydrogen-bond acceptors (Lipinski definition) is 4. The maximum Gasteiger partial charge on any atom is 0.271 e. The van der Waals surface area contributed by atoms with E-state index in [9.17, 15) is 14.9 Å². The Labute approximate surface area is 141 Å². The van der Waals surface area contributed by atoms with Gasteiger partial charge >= 0.3 is 0 Å². The van der Waals surface area contributed by atoms with Crippen molar-refractivity contribution in [3.8, 4) is 11.8 Å². The predicted molar refractivity (Wildman–Crippen MR) is 90.9 cm³/mol. The van der Waals surface area contributed by atoms with Gasteiger partial charge in [-0.25, -0.2) is 0 Å². The Morgan fingerprint density at radius 2 is 1.88 bits per heavy atom. The van der Waals surface area contributed by atoms with Gasteiger partial charge in [0.1, 0.15) is 17.4 Å². The van der Waals surface area contributed by atoms with Crippen LogP contribution in [0, 0.1) is 11.3 Å². The molecule has 1 aromatic carbocycles. The second-order valence-electron chi connectivity index (χ2n) is 5.56. The van der Waals surface area contributed by atoms with Gasteiger partial charge in [-0.2, -0.15) is 5.26 Å². The average Bonchev–Trinajstić information content (AvgIpc) is 2.59. The lowest BCUT2D eigenvalue weighted by Gasteiger charge is -2.27. The number of rotatable bonds is 5. The summed E-state index contributed by atoms with van der Waals surface area (Å²) in [5, 5.41) is 9.30. The van der Waals surface area contributed by atoms with Gasteiger partial charge in [0, 0.05) is 12.1 Å². The fourth-order valence-corrected chi connectivity index (χ4v) is 2.52. The largest absolute Gasteiger partial charge is 0.497 e. The molecule has 2 rings (SSSR count).